The molecule has 0 saturated carbocycles. The van der Waals surface area contributed by atoms with Crippen molar-refractivity contribution in [2.45, 2.75) is 19.8 Å². The zero-order chi connectivity index (χ0) is 28.8. The van der Waals surface area contributed by atoms with Crippen LogP contribution < -0.4 is 15.6 Å². The van der Waals surface area contributed by atoms with Gasteiger partial charge in [-0.2, -0.15) is 9.78 Å². The minimum atomic E-state index is -0.446. The Labute approximate surface area is 242 Å². The highest BCUT2D eigenvalue weighted by Crippen LogP contribution is 2.29. The number of carbonyl (C=O) groups is 2. The molecule has 0 aliphatic carbocycles. The number of aromatic nitrogens is 2. The van der Waals surface area contributed by atoms with Gasteiger partial charge in [0.25, 0.3) is 11.5 Å². The average Bonchev–Trinajstić information content (AvgIpc) is 3.00. The second kappa shape index (κ2) is 12.7. The van der Waals surface area contributed by atoms with E-state index in [0.717, 1.165) is 0 Å². The second-order valence-corrected chi connectivity index (χ2v) is 9.95. The number of rotatable bonds is 8. The van der Waals surface area contributed by atoms with Crippen molar-refractivity contribution >= 4 is 34.9 Å². The topological polar surface area (TPSA) is 103 Å². The third kappa shape index (κ3) is 6.58. The molecule has 0 unspecified atom stereocenters. The lowest BCUT2D eigenvalue weighted by Crippen LogP contribution is -2.40. The quantitative estimate of drug-likeness (QED) is 0.265. The standard InChI is InChI=1S/C31H29ClN4O5/c1-2-40-31(39)21-15-17-35(18-16-21)29(37)22-7-6-8-24(19-22)34-28-27(41-26-9-4-3-5-10-26)20-33-36(30(28)38)25-13-11-23(32)12-14-25/h3-14,19-21,34H,2,15-18H2,1H3. The van der Waals surface area contributed by atoms with Crippen molar-refractivity contribution < 1.29 is 19.1 Å². The van der Waals surface area contributed by atoms with Gasteiger partial charge in [0.1, 0.15) is 5.75 Å². The molecule has 2 heterocycles. The molecule has 0 spiro atoms. The third-order valence-corrected chi connectivity index (χ3v) is 7.02. The van der Waals surface area contributed by atoms with E-state index in [1.54, 1.807) is 72.5 Å². The van der Waals surface area contributed by atoms with Crippen LogP contribution in [-0.2, 0) is 9.53 Å². The molecule has 210 valence electrons. The number of halogens is 1. The maximum atomic E-state index is 13.7. The molecule has 10 heteroatoms. The highest BCUT2D eigenvalue weighted by Gasteiger charge is 2.28. The van der Waals surface area contributed by atoms with E-state index >= 15 is 0 Å². The van der Waals surface area contributed by atoms with Crippen LogP contribution in [0.5, 0.6) is 11.5 Å². The van der Waals surface area contributed by atoms with Crippen LogP contribution >= 0.6 is 11.6 Å². The van der Waals surface area contributed by atoms with Gasteiger partial charge >= 0.3 is 5.97 Å². The van der Waals surface area contributed by atoms with Gasteiger partial charge in [-0.25, -0.2) is 0 Å². The molecule has 5 rings (SSSR count). The number of carbonyl (C=O) groups excluding carboxylic acids is 2. The summed E-state index contributed by atoms with van der Waals surface area (Å²) in [5, 5.41) is 8.01. The Bertz CT molecular complexity index is 1580. The summed E-state index contributed by atoms with van der Waals surface area (Å²) in [4.78, 5) is 40.8. The maximum Gasteiger partial charge on any atom is 0.309 e. The molecule has 1 aliphatic heterocycles. The zero-order valence-electron chi connectivity index (χ0n) is 22.5. The number of anilines is 2. The lowest BCUT2D eigenvalue weighted by Gasteiger charge is -2.31. The Morgan fingerprint density at radius 1 is 1.00 bits per heavy atom. The number of nitrogens with one attached hydrogen (secondary N) is 1. The SMILES string of the molecule is CCOC(=O)C1CCN(C(=O)c2cccc(Nc3c(Oc4ccccc4)cnn(-c4ccc(Cl)cc4)c3=O)c2)CC1. The van der Waals surface area contributed by atoms with Crippen LogP contribution in [0.25, 0.3) is 5.69 Å². The van der Waals surface area contributed by atoms with Gasteiger partial charge in [0, 0.05) is 29.4 Å². The van der Waals surface area contributed by atoms with Crippen LogP contribution in [0.4, 0.5) is 11.4 Å². The summed E-state index contributed by atoms with van der Waals surface area (Å²) < 4.78 is 12.4. The number of hydrogen-bond acceptors (Lipinski definition) is 7. The lowest BCUT2D eigenvalue weighted by molar-refractivity contribution is -0.149. The number of para-hydroxylation sites is 1. The molecule has 1 fully saturated rings. The molecule has 1 aliphatic rings. The number of likely N-dealkylation sites (tertiary alicyclic amines) is 1. The summed E-state index contributed by atoms with van der Waals surface area (Å²) >= 11 is 6.03. The van der Waals surface area contributed by atoms with E-state index in [2.05, 4.69) is 10.4 Å². The predicted molar refractivity (Wildman–Crippen MR) is 156 cm³/mol. The average molecular weight is 573 g/mol. The second-order valence-electron chi connectivity index (χ2n) is 9.52. The smallest absolute Gasteiger partial charge is 0.309 e. The lowest BCUT2D eigenvalue weighted by atomic mass is 9.96. The first kappa shape index (κ1) is 27.9. The Hall–Kier alpha value is -4.63. The number of esters is 1. The fraction of sp³-hybridized carbons (Fsp3) is 0.226. The van der Waals surface area contributed by atoms with Crippen LogP contribution in [0.1, 0.15) is 30.1 Å². The molecule has 9 nitrogen and oxygen atoms in total. The summed E-state index contributed by atoms with van der Waals surface area (Å²) in [5.74, 6) is 0.218. The molecule has 1 aromatic heterocycles. The van der Waals surface area contributed by atoms with Crippen molar-refractivity contribution in [2.75, 3.05) is 25.0 Å². The van der Waals surface area contributed by atoms with Gasteiger partial charge in [-0.1, -0.05) is 35.9 Å². The minimum absolute atomic E-state index is 0.148. The van der Waals surface area contributed by atoms with E-state index in [0.29, 0.717) is 60.2 Å². The van der Waals surface area contributed by atoms with Crippen LogP contribution in [0, 0.1) is 5.92 Å². The number of nitrogens with zero attached hydrogens (tertiary/aromatic N) is 3. The van der Waals surface area contributed by atoms with Crippen molar-refractivity contribution in [1.82, 2.24) is 14.7 Å². The van der Waals surface area contributed by atoms with Crippen LogP contribution in [-0.4, -0.2) is 46.3 Å². The largest absolute Gasteiger partial charge is 0.466 e. The molecule has 41 heavy (non-hydrogen) atoms. The van der Waals surface area contributed by atoms with Gasteiger partial charge < -0.3 is 19.7 Å². The van der Waals surface area contributed by atoms with Gasteiger partial charge in [-0.05, 0) is 74.4 Å². The summed E-state index contributed by atoms with van der Waals surface area (Å²) in [6.45, 7) is 3.06. The van der Waals surface area contributed by atoms with Gasteiger partial charge in [0.2, 0.25) is 0 Å². The minimum Gasteiger partial charge on any atom is -0.466 e. The third-order valence-electron chi connectivity index (χ3n) is 6.77. The molecule has 0 atom stereocenters. The molecule has 1 N–H and O–H groups in total. The normalized spacial score (nSPS) is 13.5. The molecule has 1 amide bonds. The van der Waals surface area contributed by atoms with E-state index in [-0.39, 0.29) is 29.2 Å². The molecule has 0 bridgehead atoms. The number of amides is 1. The summed E-state index contributed by atoms with van der Waals surface area (Å²) in [6.07, 6.45) is 2.59. The van der Waals surface area contributed by atoms with Crippen molar-refractivity contribution in [3.63, 3.8) is 0 Å². The Morgan fingerprint density at radius 3 is 2.44 bits per heavy atom. The number of hydrogen-bond donors (Lipinski definition) is 1. The Kier molecular flexibility index (Phi) is 8.64. The van der Waals surface area contributed by atoms with Gasteiger partial charge in [0.05, 0.1) is 24.4 Å². The fourth-order valence-electron chi connectivity index (χ4n) is 4.65. The number of benzene rings is 3. The van der Waals surface area contributed by atoms with Crippen molar-refractivity contribution in [1.29, 1.82) is 0 Å². The summed E-state index contributed by atoms with van der Waals surface area (Å²) in [7, 11) is 0. The molecule has 4 aromatic rings. The van der Waals surface area contributed by atoms with E-state index in [1.807, 2.05) is 18.2 Å². The Balaban J connectivity index is 1.41. The van der Waals surface area contributed by atoms with Crippen molar-refractivity contribution in [3.8, 4) is 17.2 Å². The van der Waals surface area contributed by atoms with Gasteiger partial charge in [-0.3, -0.25) is 14.4 Å². The molecular weight excluding hydrogens is 544 g/mol. The van der Waals surface area contributed by atoms with Gasteiger partial charge in [0.15, 0.2) is 11.4 Å². The van der Waals surface area contributed by atoms with Crippen LogP contribution in [0.15, 0.2) is 89.9 Å². The zero-order valence-corrected chi connectivity index (χ0v) is 23.2. The summed E-state index contributed by atoms with van der Waals surface area (Å²) in [6, 6.07) is 22.8. The van der Waals surface area contributed by atoms with E-state index < -0.39 is 5.56 Å². The number of piperidine rings is 1. The highest BCUT2D eigenvalue weighted by molar-refractivity contribution is 6.30. The Morgan fingerprint density at radius 2 is 1.73 bits per heavy atom. The molecular formula is C31H29ClN4O5. The van der Waals surface area contributed by atoms with Crippen LogP contribution in [0.3, 0.4) is 0 Å². The van der Waals surface area contributed by atoms with Crippen LogP contribution in [0.2, 0.25) is 5.02 Å². The van der Waals surface area contributed by atoms with Crippen molar-refractivity contribution in [2.24, 2.45) is 5.92 Å². The van der Waals surface area contributed by atoms with Gasteiger partial charge in [-0.15, -0.1) is 0 Å². The van der Waals surface area contributed by atoms with E-state index in [4.69, 9.17) is 21.1 Å². The highest BCUT2D eigenvalue weighted by atomic mass is 35.5. The first-order chi connectivity index (χ1) is 19.9. The summed E-state index contributed by atoms with van der Waals surface area (Å²) in [5.41, 5.74) is 1.23. The molecule has 3 aromatic carbocycles. The number of ether oxygens (including phenoxy) is 2. The van der Waals surface area contributed by atoms with E-state index in [9.17, 15) is 14.4 Å². The monoisotopic (exact) mass is 572 g/mol. The first-order valence-electron chi connectivity index (χ1n) is 13.4. The molecule has 0 radical (unpaired) electrons. The van der Waals surface area contributed by atoms with Crippen molar-refractivity contribution in [3.05, 3.63) is 106 Å². The molecule has 1 saturated heterocycles. The maximum absolute atomic E-state index is 13.7. The predicted octanol–water partition coefficient (Wildman–Crippen LogP) is 5.84. The first-order valence-corrected chi connectivity index (χ1v) is 13.7. The van der Waals surface area contributed by atoms with E-state index in [1.165, 1.54) is 10.9 Å². The fourth-order valence-corrected chi connectivity index (χ4v) is 4.77.